The highest BCUT2D eigenvalue weighted by Crippen LogP contribution is 2.29. The lowest BCUT2D eigenvalue weighted by molar-refractivity contribution is -0.506. The molecular formula is C17H30O8. The monoisotopic (exact) mass is 362 g/mol. The van der Waals surface area contributed by atoms with Crippen LogP contribution in [0.1, 0.15) is 55.4 Å². The molecular weight excluding hydrogens is 332 g/mol. The summed E-state index contributed by atoms with van der Waals surface area (Å²) in [5.74, 6) is -0.459. The predicted octanol–water partition coefficient (Wildman–Crippen LogP) is 3.90. The third-order valence-corrected chi connectivity index (χ3v) is 3.63. The molecule has 25 heavy (non-hydrogen) atoms. The highest BCUT2D eigenvalue weighted by atomic mass is 17.5. The summed E-state index contributed by atoms with van der Waals surface area (Å²) in [7, 11) is 0. The summed E-state index contributed by atoms with van der Waals surface area (Å²) in [4.78, 5) is 32.1. The maximum absolute atomic E-state index is 11.5. The molecule has 0 aliphatic carbocycles. The van der Waals surface area contributed by atoms with E-state index in [1.807, 2.05) is 6.92 Å². The second kappa shape index (κ2) is 10.4. The van der Waals surface area contributed by atoms with E-state index in [0.29, 0.717) is 0 Å². The van der Waals surface area contributed by atoms with E-state index < -0.39 is 24.7 Å². The van der Waals surface area contributed by atoms with E-state index in [4.69, 9.17) is 19.1 Å². The van der Waals surface area contributed by atoms with E-state index in [0.717, 1.165) is 0 Å². The van der Waals surface area contributed by atoms with E-state index >= 15 is 0 Å². The zero-order valence-corrected chi connectivity index (χ0v) is 16.3. The topological polar surface area (TPSA) is 89.5 Å². The molecule has 0 bridgehead atoms. The molecule has 0 aliphatic heterocycles. The zero-order chi connectivity index (χ0) is 19.8. The Morgan fingerprint density at radius 3 is 1.96 bits per heavy atom. The molecule has 0 aromatic rings. The first kappa shape index (κ1) is 23.4. The van der Waals surface area contributed by atoms with Gasteiger partial charge in [0.2, 0.25) is 12.6 Å². The molecule has 146 valence electrons. The Kier molecular flexibility index (Phi) is 9.69. The first-order valence-electron chi connectivity index (χ1n) is 8.07. The smallest absolute Gasteiger partial charge is 0.433 e. The van der Waals surface area contributed by atoms with Gasteiger partial charge in [-0.2, -0.15) is 4.89 Å². The van der Waals surface area contributed by atoms with Crippen molar-refractivity contribution in [1.82, 2.24) is 0 Å². The van der Waals surface area contributed by atoms with E-state index in [9.17, 15) is 9.59 Å². The molecule has 0 rings (SSSR count). The van der Waals surface area contributed by atoms with Gasteiger partial charge in [0, 0.05) is 5.57 Å². The van der Waals surface area contributed by atoms with Crippen molar-refractivity contribution in [3.05, 3.63) is 12.2 Å². The minimum atomic E-state index is -1.15. The van der Waals surface area contributed by atoms with Crippen LogP contribution in [0.25, 0.3) is 0 Å². The van der Waals surface area contributed by atoms with E-state index in [2.05, 4.69) is 37.3 Å². The highest BCUT2D eigenvalue weighted by Gasteiger charge is 2.27. The van der Waals surface area contributed by atoms with E-state index in [1.165, 1.54) is 20.8 Å². The third kappa shape index (κ3) is 10.1. The van der Waals surface area contributed by atoms with Gasteiger partial charge in [-0.05, 0) is 44.1 Å². The molecule has 0 amide bonds. The molecule has 0 aromatic heterocycles. The lowest BCUT2D eigenvalue weighted by Gasteiger charge is -2.30. The van der Waals surface area contributed by atoms with Gasteiger partial charge in [-0.25, -0.2) is 14.5 Å². The van der Waals surface area contributed by atoms with Crippen LogP contribution < -0.4 is 0 Å². The van der Waals surface area contributed by atoms with Crippen LogP contribution in [0.5, 0.6) is 0 Å². The van der Waals surface area contributed by atoms with E-state index in [-0.39, 0.29) is 23.0 Å². The Bertz CT molecular complexity index is 454. The number of carbonyl (C=O) groups is 2. The lowest BCUT2D eigenvalue weighted by Crippen LogP contribution is -2.30. The Hall–Kier alpha value is -1.64. The molecule has 0 aromatic carbocycles. The minimum absolute atomic E-state index is 0.00298. The molecule has 4 atom stereocenters. The van der Waals surface area contributed by atoms with Crippen molar-refractivity contribution in [2.75, 3.05) is 0 Å². The molecule has 4 unspecified atom stereocenters. The Balaban J connectivity index is 4.10. The van der Waals surface area contributed by atoms with Gasteiger partial charge in [0.15, 0.2) is 0 Å². The number of hydrogen-bond acceptors (Lipinski definition) is 8. The van der Waals surface area contributed by atoms with E-state index in [1.54, 1.807) is 6.92 Å². The van der Waals surface area contributed by atoms with Crippen LogP contribution in [0.3, 0.4) is 0 Å². The number of carbonyl (C=O) groups excluding carboxylic acids is 2. The summed E-state index contributed by atoms with van der Waals surface area (Å²) in [5.41, 5.74) is 0.232. The highest BCUT2D eigenvalue weighted by molar-refractivity contribution is 5.86. The van der Waals surface area contributed by atoms with Crippen molar-refractivity contribution in [1.29, 1.82) is 0 Å². The standard InChI is InChI=1S/C17H30O8/c1-10(2)15(18)21-13(5)20-14(6)22-16(19)24-25-23-12(4)11(3)17(7,8)9/h11-14H,1H2,2-9H3. The first-order chi connectivity index (χ1) is 11.3. The van der Waals surface area contributed by atoms with Gasteiger partial charge >= 0.3 is 12.1 Å². The average Bonchev–Trinajstić information content (AvgIpc) is 2.44. The summed E-state index contributed by atoms with van der Waals surface area (Å²) < 4.78 is 14.8. The molecule has 8 heteroatoms. The Morgan fingerprint density at radius 1 is 0.960 bits per heavy atom. The van der Waals surface area contributed by atoms with Crippen LogP contribution >= 0.6 is 0 Å². The summed E-state index contributed by atoms with van der Waals surface area (Å²) in [6.07, 6.45) is -3.42. The van der Waals surface area contributed by atoms with Crippen LogP contribution in [0.2, 0.25) is 0 Å². The molecule has 0 saturated heterocycles. The van der Waals surface area contributed by atoms with Crippen LogP contribution in [0.15, 0.2) is 12.2 Å². The van der Waals surface area contributed by atoms with Gasteiger partial charge in [-0.3, -0.25) is 0 Å². The number of ether oxygens (including phenoxy) is 3. The summed E-state index contributed by atoms with van der Waals surface area (Å²) in [6, 6.07) is 0. The predicted molar refractivity (Wildman–Crippen MR) is 88.7 cm³/mol. The van der Waals surface area contributed by atoms with Crippen LogP contribution in [0, 0.1) is 11.3 Å². The van der Waals surface area contributed by atoms with Crippen molar-refractivity contribution in [3.8, 4) is 0 Å². The van der Waals surface area contributed by atoms with Gasteiger partial charge in [-0.1, -0.05) is 34.3 Å². The molecule has 0 N–H and O–H groups in total. The van der Waals surface area contributed by atoms with Gasteiger partial charge in [0.05, 0.1) is 6.10 Å². The Morgan fingerprint density at radius 2 is 1.48 bits per heavy atom. The van der Waals surface area contributed by atoms with Crippen molar-refractivity contribution in [2.45, 2.75) is 74.1 Å². The third-order valence-electron chi connectivity index (χ3n) is 3.63. The fourth-order valence-corrected chi connectivity index (χ4v) is 1.63. The van der Waals surface area contributed by atoms with Gasteiger partial charge < -0.3 is 14.2 Å². The van der Waals surface area contributed by atoms with Crippen molar-refractivity contribution >= 4 is 12.1 Å². The molecule has 0 aliphatic rings. The average molecular weight is 362 g/mol. The van der Waals surface area contributed by atoms with Gasteiger partial charge in [-0.15, -0.1) is 0 Å². The Labute approximate surface area is 149 Å². The quantitative estimate of drug-likeness (QED) is 0.201. The summed E-state index contributed by atoms with van der Waals surface area (Å²) in [6.45, 7) is 17.8. The molecule has 0 fully saturated rings. The van der Waals surface area contributed by atoms with Crippen molar-refractivity contribution in [3.63, 3.8) is 0 Å². The molecule has 0 radical (unpaired) electrons. The van der Waals surface area contributed by atoms with Crippen LogP contribution in [-0.4, -0.2) is 30.8 Å². The normalized spacial score (nSPS) is 16.3. The maximum Gasteiger partial charge on any atom is 0.544 e. The fraction of sp³-hybridized carbons (Fsp3) is 0.765. The molecule has 8 nitrogen and oxygen atoms in total. The van der Waals surface area contributed by atoms with Crippen LogP contribution in [0.4, 0.5) is 4.79 Å². The zero-order valence-electron chi connectivity index (χ0n) is 16.3. The minimum Gasteiger partial charge on any atom is -0.433 e. The van der Waals surface area contributed by atoms with Gasteiger partial charge in [0.25, 0.3) is 0 Å². The summed E-state index contributed by atoms with van der Waals surface area (Å²) in [5, 5.41) is 4.45. The molecule has 0 saturated carbocycles. The number of rotatable bonds is 9. The van der Waals surface area contributed by atoms with Crippen molar-refractivity contribution in [2.24, 2.45) is 11.3 Å². The molecule has 0 heterocycles. The largest absolute Gasteiger partial charge is 0.544 e. The number of hydrogen-bond donors (Lipinski definition) is 0. The second-order valence-corrected chi connectivity index (χ2v) is 6.93. The lowest BCUT2D eigenvalue weighted by atomic mass is 9.79. The number of esters is 1. The van der Waals surface area contributed by atoms with Gasteiger partial charge in [0.1, 0.15) is 0 Å². The van der Waals surface area contributed by atoms with Crippen molar-refractivity contribution < 1.29 is 38.6 Å². The SMILES string of the molecule is C=C(C)C(=O)OC(C)OC(C)OC(=O)OOOC(C)C(C)C(C)(C)C. The maximum atomic E-state index is 11.5. The first-order valence-corrected chi connectivity index (χ1v) is 8.07. The molecule has 0 spiro atoms. The summed E-state index contributed by atoms with van der Waals surface area (Å²) >= 11 is 0. The van der Waals surface area contributed by atoms with Crippen LogP contribution in [-0.2, 0) is 33.8 Å². The second-order valence-electron chi connectivity index (χ2n) is 6.93. The fourth-order valence-electron chi connectivity index (χ4n) is 1.63.